The van der Waals surface area contributed by atoms with Gasteiger partial charge in [-0.3, -0.25) is 0 Å². The Hall–Kier alpha value is -0.155. The summed E-state index contributed by atoms with van der Waals surface area (Å²) in [6, 6.07) is 0. The van der Waals surface area contributed by atoms with Gasteiger partial charge in [-0.1, -0.05) is 13.8 Å². The molecule has 0 aliphatic heterocycles. The van der Waals surface area contributed by atoms with Gasteiger partial charge in [-0.25, -0.2) is 8.78 Å². The summed E-state index contributed by atoms with van der Waals surface area (Å²) in [5.41, 5.74) is -1.25. The summed E-state index contributed by atoms with van der Waals surface area (Å²) in [6.07, 6.45) is 0. The monoisotopic (exact) mass is 150 g/mol. The first kappa shape index (κ1) is 7.95. The van der Waals surface area contributed by atoms with Gasteiger partial charge in [0.15, 0.2) is 0 Å². The van der Waals surface area contributed by atoms with Crippen molar-refractivity contribution >= 4 is 7.12 Å². The first-order valence-corrected chi connectivity index (χ1v) is 3.06. The van der Waals surface area contributed by atoms with Crippen LogP contribution in [0.25, 0.3) is 0 Å². The van der Waals surface area contributed by atoms with E-state index in [9.17, 15) is 8.78 Å². The lowest BCUT2D eigenvalue weighted by Crippen LogP contribution is -2.14. The van der Waals surface area contributed by atoms with Crippen LogP contribution in [0.1, 0.15) is 13.8 Å². The molecule has 1 aliphatic rings. The number of alkyl halides is 2. The lowest BCUT2D eigenvalue weighted by molar-refractivity contribution is 0.0744. The van der Waals surface area contributed by atoms with Crippen molar-refractivity contribution in [1.29, 1.82) is 0 Å². The number of hydrogen-bond donors (Lipinski definition) is 2. The van der Waals surface area contributed by atoms with E-state index in [1.807, 2.05) is 0 Å². The predicted molar refractivity (Wildman–Crippen MR) is 32.7 cm³/mol. The van der Waals surface area contributed by atoms with Gasteiger partial charge in [-0.15, -0.1) is 0 Å². The van der Waals surface area contributed by atoms with E-state index in [-0.39, 0.29) is 0 Å². The third-order valence-corrected chi connectivity index (χ3v) is 2.24. The number of halogens is 2. The largest absolute Gasteiger partial charge is 0.461 e. The molecule has 1 fully saturated rings. The van der Waals surface area contributed by atoms with Gasteiger partial charge >= 0.3 is 7.12 Å². The minimum atomic E-state index is -2.92. The highest BCUT2D eigenvalue weighted by Gasteiger charge is 2.78. The molecule has 2 nitrogen and oxygen atoms in total. The second-order valence-corrected chi connectivity index (χ2v) is 3.24. The lowest BCUT2D eigenvalue weighted by Gasteiger charge is -1.96. The fourth-order valence-electron chi connectivity index (χ4n) is 1.25. The average Bonchev–Trinajstić information content (AvgIpc) is 1.97. The minimum absolute atomic E-state index is 1.25. The molecule has 1 saturated carbocycles. The van der Waals surface area contributed by atoms with Crippen molar-refractivity contribution in [3.05, 3.63) is 0 Å². The van der Waals surface area contributed by atoms with Crippen LogP contribution in [-0.4, -0.2) is 23.1 Å². The zero-order chi connectivity index (χ0) is 8.15. The molecule has 0 spiro atoms. The average molecular weight is 150 g/mol. The van der Waals surface area contributed by atoms with Crippen molar-refractivity contribution < 1.29 is 18.8 Å². The summed E-state index contributed by atoms with van der Waals surface area (Å²) < 4.78 is 25.0. The van der Waals surface area contributed by atoms with Crippen LogP contribution in [0.2, 0.25) is 5.82 Å². The van der Waals surface area contributed by atoms with Gasteiger partial charge in [0.2, 0.25) is 0 Å². The van der Waals surface area contributed by atoms with Gasteiger partial charge in [0.05, 0.1) is 5.82 Å². The zero-order valence-electron chi connectivity index (χ0n) is 5.81. The zero-order valence-corrected chi connectivity index (χ0v) is 5.81. The topological polar surface area (TPSA) is 40.5 Å². The van der Waals surface area contributed by atoms with E-state index in [2.05, 4.69) is 0 Å². The molecule has 5 heteroatoms. The molecule has 1 unspecified atom stereocenters. The van der Waals surface area contributed by atoms with Gasteiger partial charge in [0, 0.05) is 5.41 Å². The SMILES string of the molecule is CC1(C)C(B(O)O)C1(F)F. The molecule has 0 bridgehead atoms. The highest BCUT2D eigenvalue weighted by molar-refractivity contribution is 6.45. The van der Waals surface area contributed by atoms with E-state index < -0.39 is 24.3 Å². The second-order valence-electron chi connectivity index (χ2n) is 3.24. The Morgan fingerprint density at radius 3 is 1.60 bits per heavy atom. The summed E-state index contributed by atoms with van der Waals surface area (Å²) in [6.45, 7) is 2.63. The molecule has 1 aliphatic carbocycles. The van der Waals surface area contributed by atoms with Crippen molar-refractivity contribution in [3.8, 4) is 0 Å². The van der Waals surface area contributed by atoms with Gasteiger partial charge in [0.25, 0.3) is 5.92 Å². The number of rotatable bonds is 1. The van der Waals surface area contributed by atoms with Crippen molar-refractivity contribution in [2.45, 2.75) is 25.6 Å². The van der Waals surface area contributed by atoms with Crippen LogP contribution in [0, 0.1) is 5.41 Å². The number of hydrogen-bond acceptors (Lipinski definition) is 2. The highest BCUT2D eigenvalue weighted by atomic mass is 19.3. The quantitative estimate of drug-likeness (QED) is 0.534. The molecule has 0 aromatic carbocycles. The normalized spacial score (nSPS) is 33.6. The van der Waals surface area contributed by atoms with Crippen LogP contribution in [0.5, 0.6) is 0 Å². The third kappa shape index (κ3) is 0.704. The third-order valence-electron chi connectivity index (χ3n) is 2.24. The van der Waals surface area contributed by atoms with Gasteiger partial charge < -0.3 is 10.0 Å². The van der Waals surface area contributed by atoms with Crippen LogP contribution in [0.3, 0.4) is 0 Å². The first-order valence-electron chi connectivity index (χ1n) is 3.06. The van der Waals surface area contributed by atoms with Gasteiger partial charge in [0.1, 0.15) is 0 Å². The Morgan fingerprint density at radius 1 is 1.30 bits per heavy atom. The standard InChI is InChI=1S/C5H9BF2O2/c1-4(2)3(6(9)10)5(4,7)8/h3,9-10H,1-2H3. The molecule has 1 atom stereocenters. The molecule has 10 heavy (non-hydrogen) atoms. The van der Waals surface area contributed by atoms with E-state index in [0.717, 1.165) is 0 Å². The molecule has 0 saturated heterocycles. The Balaban J connectivity index is 2.72. The van der Waals surface area contributed by atoms with Crippen LogP contribution in [0.15, 0.2) is 0 Å². The predicted octanol–water partition coefficient (Wildman–Crippen LogP) is 0.504. The van der Waals surface area contributed by atoms with Gasteiger partial charge in [-0.2, -0.15) is 0 Å². The molecular formula is C5H9BF2O2. The summed E-state index contributed by atoms with van der Waals surface area (Å²) >= 11 is 0. The van der Waals surface area contributed by atoms with E-state index in [1.54, 1.807) is 0 Å². The van der Waals surface area contributed by atoms with Crippen LogP contribution >= 0.6 is 0 Å². The molecule has 0 aromatic rings. The van der Waals surface area contributed by atoms with E-state index in [4.69, 9.17) is 10.0 Å². The van der Waals surface area contributed by atoms with Crippen LogP contribution in [-0.2, 0) is 0 Å². The summed E-state index contributed by atoms with van der Waals surface area (Å²) in [5.74, 6) is -4.21. The molecule has 0 heterocycles. The fourth-order valence-corrected chi connectivity index (χ4v) is 1.25. The Kier molecular flexibility index (Phi) is 1.36. The maximum atomic E-state index is 12.5. The lowest BCUT2D eigenvalue weighted by atomic mass is 9.79. The first-order chi connectivity index (χ1) is 4.32. The van der Waals surface area contributed by atoms with E-state index in [1.165, 1.54) is 13.8 Å². The Morgan fingerprint density at radius 2 is 1.60 bits per heavy atom. The molecule has 0 amide bonds. The van der Waals surface area contributed by atoms with E-state index >= 15 is 0 Å². The van der Waals surface area contributed by atoms with Gasteiger partial charge in [-0.05, 0) is 0 Å². The molecule has 2 N–H and O–H groups in total. The summed E-state index contributed by atoms with van der Waals surface area (Å²) in [4.78, 5) is 0. The minimum Gasteiger partial charge on any atom is -0.427 e. The Labute approximate surface area is 58.0 Å². The molecule has 0 radical (unpaired) electrons. The Bertz CT molecular complexity index is 144. The van der Waals surface area contributed by atoms with Crippen molar-refractivity contribution in [1.82, 2.24) is 0 Å². The highest BCUT2D eigenvalue weighted by Crippen LogP contribution is 2.70. The van der Waals surface area contributed by atoms with Crippen molar-refractivity contribution in [3.63, 3.8) is 0 Å². The van der Waals surface area contributed by atoms with Crippen molar-refractivity contribution in [2.75, 3.05) is 0 Å². The maximum Gasteiger partial charge on any atom is 0.461 e. The molecule has 58 valence electrons. The smallest absolute Gasteiger partial charge is 0.427 e. The summed E-state index contributed by atoms with van der Waals surface area (Å²) in [7, 11) is -1.90. The van der Waals surface area contributed by atoms with E-state index in [0.29, 0.717) is 0 Å². The van der Waals surface area contributed by atoms with Crippen LogP contribution in [0.4, 0.5) is 8.78 Å². The van der Waals surface area contributed by atoms with Crippen molar-refractivity contribution in [2.24, 2.45) is 5.41 Å². The van der Waals surface area contributed by atoms with Crippen LogP contribution < -0.4 is 0 Å². The fraction of sp³-hybridized carbons (Fsp3) is 1.00. The summed E-state index contributed by atoms with van der Waals surface area (Å²) in [5, 5.41) is 16.9. The second kappa shape index (κ2) is 1.71. The molecule has 0 aromatic heterocycles. The molecule has 1 rings (SSSR count). The molecular weight excluding hydrogens is 141 g/mol. The maximum absolute atomic E-state index is 12.5.